The van der Waals surface area contributed by atoms with Crippen molar-refractivity contribution in [2.24, 2.45) is 41.4 Å². The Morgan fingerprint density at radius 1 is 0.861 bits per heavy atom. The second-order valence-corrected chi connectivity index (χ2v) is 23.1. The molecule has 5 rings (SSSR count). The molecule has 0 aromatic carbocycles. The molecule has 4 fully saturated rings. The van der Waals surface area contributed by atoms with Crippen LogP contribution < -0.4 is 5.43 Å². The Balaban J connectivity index is 1.50. The van der Waals surface area contributed by atoms with Gasteiger partial charge in [-0.3, -0.25) is 35.0 Å². The fraction of sp³-hybridized carbons (Fsp3) is 0.741. The predicted molar refractivity (Wildman–Crippen MR) is 289 cm³/mol. The van der Waals surface area contributed by atoms with Crippen LogP contribution in [0, 0.1) is 41.4 Å². The average molecular weight is 1110 g/mol. The molecule has 5 N–H and O–H groups in total. The second kappa shape index (κ2) is 30.4. The van der Waals surface area contributed by atoms with E-state index in [4.69, 9.17) is 23.8 Å². The van der Waals surface area contributed by atoms with Crippen LogP contribution in [0.25, 0.3) is 0 Å². The molecule has 1 saturated carbocycles. The summed E-state index contributed by atoms with van der Waals surface area (Å²) in [6.07, 6.45) is 11.6. The molecule has 4 heterocycles. The first-order valence-corrected chi connectivity index (χ1v) is 28.5. The number of allylic oxidation sites excluding steroid dienone is 6. The summed E-state index contributed by atoms with van der Waals surface area (Å²) in [6.45, 7) is 13.3. The SMILES string of the molecule is CO[C@@H]1C[C@H](C[C@@H](C)[C@@H]2CC(=O)[C@H](C)/C=C(\C)[C@@H](O)[C@@H](OC)C(=O)[C@H](C)C[C@H](C)/C=C/C=C/C=C(\C)[C@@H](N(O)C(=O)NN3CCCCC3)C[C@@H]3CC[C@@H](C)[C@@](O)(O3)C(=O)C(=O)N3CCCC[C@H]3C(=O)O2)CC[C@H]1C(=O)ON(C)O. The molecule has 1 aliphatic carbocycles. The minimum absolute atomic E-state index is 0.0139. The predicted octanol–water partition coefficient (Wildman–Crippen LogP) is 6.37. The number of nitrogens with zero attached hydrogens (tertiary/aromatic N) is 4. The number of hydrogen-bond acceptors (Lipinski definition) is 18. The number of cyclic esters (lactones) is 1. The van der Waals surface area contributed by atoms with Gasteiger partial charge in [0.15, 0.2) is 5.78 Å². The summed E-state index contributed by atoms with van der Waals surface area (Å²) in [7, 11) is 4.01. The van der Waals surface area contributed by atoms with Crippen LogP contribution in [0.1, 0.15) is 145 Å². The van der Waals surface area contributed by atoms with Gasteiger partial charge in [-0.15, -0.1) is 0 Å². The van der Waals surface area contributed by atoms with Gasteiger partial charge in [0.25, 0.3) is 11.7 Å². The molecule has 4 aliphatic heterocycles. The standard InChI is InChI=1S/C58H91N5O16/c1-35-19-13-11-14-20-36(2)46(63(74)57(71)59-61-26-16-12-17-27-61)33-43-24-22-41(7)58(72,78-43)53(67)54(68)62-28-18-15-21-45(62)56(70)77-48(38(4)31-42-23-25-44(49(32-42)75-9)55(69)79-60(8)73)34-47(64)37(3)30-40(6)51(66)52(76-10)50(65)39(5)29-35/h11,13-14,19-20,30,35,37-39,41-46,48-49,51-52,66,72-74H,12,15-18,21-29,31-34H2,1-10H3,(H,59,71)/b14-11+,19-13+,36-20+,40-30+/t35-,37-,38-,39-,41-,42+,43+,44-,45+,46+,48+,49-,51-,52+,58-/m1/s1. The third-order valence-electron chi connectivity index (χ3n) is 16.9. The summed E-state index contributed by atoms with van der Waals surface area (Å²) >= 11 is 0. The molecule has 0 radical (unpaired) electrons. The molecule has 0 aromatic heterocycles. The Morgan fingerprint density at radius 3 is 2.23 bits per heavy atom. The Bertz CT molecular complexity index is 2230. The average Bonchev–Trinajstić information content (AvgIpc) is 3.41. The number of carbonyl (C=O) groups excluding carboxylic acids is 7. The summed E-state index contributed by atoms with van der Waals surface area (Å²) in [5, 5.41) is 47.7. The second-order valence-electron chi connectivity index (χ2n) is 23.1. The Hall–Kier alpha value is -4.71. The first-order valence-electron chi connectivity index (χ1n) is 28.5. The van der Waals surface area contributed by atoms with Crippen LogP contribution in [-0.2, 0) is 52.6 Å². The van der Waals surface area contributed by atoms with Gasteiger partial charge in [0, 0.05) is 64.4 Å². The van der Waals surface area contributed by atoms with Crippen LogP contribution >= 0.6 is 0 Å². The molecule has 0 unspecified atom stereocenters. The van der Waals surface area contributed by atoms with E-state index in [0.717, 1.165) is 24.2 Å². The number of nitrogens with one attached hydrogen (secondary N) is 1. The third kappa shape index (κ3) is 17.6. The highest BCUT2D eigenvalue weighted by molar-refractivity contribution is 6.39. The number of hydroxylamine groups is 4. The lowest BCUT2D eigenvalue weighted by atomic mass is 9.75. The highest BCUT2D eigenvalue weighted by Crippen LogP contribution is 2.39. The lowest BCUT2D eigenvalue weighted by molar-refractivity contribution is -0.306. The molecule has 0 spiro atoms. The van der Waals surface area contributed by atoms with Crippen molar-refractivity contribution in [1.82, 2.24) is 25.6 Å². The molecule has 444 valence electrons. The number of esters is 1. The summed E-state index contributed by atoms with van der Waals surface area (Å²) < 4.78 is 23.9. The maximum atomic E-state index is 14.6. The number of aliphatic hydroxyl groups is 2. The van der Waals surface area contributed by atoms with Crippen molar-refractivity contribution in [3.63, 3.8) is 0 Å². The van der Waals surface area contributed by atoms with Crippen molar-refractivity contribution in [2.45, 2.75) is 193 Å². The van der Waals surface area contributed by atoms with Gasteiger partial charge < -0.3 is 38.9 Å². The molecule has 0 aromatic rings. The van der Waals surface area contributed by atoms with Gasteiger partial charge in [0.2, 0.25) is 5.79 Å². The van der Waals surface area contributed by atoms with Crippen LogP contribution in [0.3, 0.4) is 0 Å². The number of rotatable bonds is 9. The van der Waals surface area contributed by atoms with E-state index < -0.39 is 108 Å². The van der Waals surface area contributed by atoms with E-state index in [1.807, 2.05) is 26.0 Å². The van der Waals surface area contributed by atoms with Crippen LogP contribution in [0.5, 0.6) is 0 Å². The molecule has 79 heavy (non-hydrogen) atoms. The number of fused-ring (bicyclic) bond motifs is 3. The monoisotopic (exact) mass is 1110 g/mol. The number of Topliss-reactive ketones (excluding diaryl/α,β-unsaturated/α-hetero) is 3. The zero-order valence-corrected chi connectivity index (χ0v) is 48.3. The maximum Gasteiger partial charge on any atom is 0.356 e. The third-order valence-corrected chi connectivity index (χ3v) is 16.9. The molecular formula is C58H91N5O16. The Labute approximate surface area is 466 Å². The summed E-state index contributed by atoms with van der Waals surface area (Å²) in [6, 6.07) is -3.06. The molecule has 5 aliphatic rings. The summed E-state index contributed by atoms with van der Waals surface area (Å²) in [5.74, 6) is -10.7. The van der Waals surface area contributed by atoms with Crippen molar-refractivity contribution < 1.29 is 78.0 Å². The van der Waals surface area contributed by atoms with Gasteiger partial charge in [-0.25, -0.2) is 19.4 Å². The molecule has 21 heteroatoms. The van der Waals surface area contributed by atoms with Crippen molar-refractivity contribution in [2.75, 3.05) is 40.9 Å². The number of piperidine rings is 2. The Kier molecular flexibility index (Phi) is 25.0. The fourth-order valence-electron chi connectivity index (χ4n) is 12.0. The number of hydrazine groups is 1. The highest BCUT2D eigenvalue weighted by atomic mass is 16.9. The number of carbonyl (C=O) groups is 7. The lowest BCUT2D eigenvalue weighted by Gasteiger charge is -2.43. The number of ketones is 3. The Morgan fingerprint density at radius 2 is 1.56 bits per heavy atom. The largest absolute Gasteiger partial charge is 0.460 e. The van der Waals surface area contributed by atoms with Crippen LogP contribution in [0.15, 0.2) is 47.6 Å². The lowest BCUT2D eigenvalue weighted by Crippen LogP contribution is -2.61. The molecule has 21 nitrogen and oxygen atoms in total. The molecule has 3 saturated heterocycles. The normalized spacial score (nSPS) is 36.6. The van der Waals surface area contributed by atoms with Gasteiger partial charge in [-0.05, 0) is 125 Å². The van der Waals surface area contributed by atoms with E-state index in [0.29, 0.717) is 85.9 Å². The van der Waals surface area contributed by atoms with E-state index in [1.165, 1.54) is 21.3 Å². The number of ether oxygens (including phenoxy) is 4. The maximum absolute atomic E-state index is 14.6. The fourth-order valence-corrected chi connectivity index (χ4v) is 12.0. The van der Waals surface area contributed by atoms with Crippen LogP contribution in [0.2, 0.25) is 0 Å². The summed E-state index contributed by atoms with van der Waals surface area (Å²) in [5.41, 5.74) is 3.65. The molecule has 2 bridgehead atoms. The van der Waals surface area contributed by atoms with E-state index in [2.05, 4.69) is 5.43 Å². The van der Waals surface area contributed by atoms with E-state index in [1.54, 1.807) is 63.9 Å². The van der Waals surface area contributed by atoms with Gasteiger partial charge >= 0.3 is 18.0 Å². The van der Waals surface area contributed by atoms with Crippen LogP contribution in [-0.4, -0.2) is 171 Å². The van der Waals surface area contributed by atoms with E-state index in [9.17, 15) is 54.2 Å². The van der Waals surface area contributed by atoms with Gasteiger partial charge in [-0.2, -0.15) is 5.06 Å². The zero-order chi connectivity index (χ0) is 58.3. The van der Waals surface area contributed by atoms with Crippen molar-refractivity contribution >= 4 is 41.2 Å². The van der Waals surface area contributed by atoms with Crippen molar-refractivity contribution in [3.8, 4) is 0 Å². The first-order chi connectivity index (χ1) is 37.4. The smallest absolute Gasteiger partial charge is 0.356 e. The molecule has 3 amide bonds. The van der Waals surface area contributed by atoms with E-state index >= 15 is 0 Å². The number of aliphatic hydroxyl groups excluding tert-OH is 1. The van der Waals surface area contributed by atoms with Gasteiger partial charge in [0.05, 0.1) is 31.2 Å². The quantitative estimate of drug-likeness (QED) is 0.0552. The van der Waals surface area contributed by atoms with Crippen molar-refractivity contribution in [1.29, 1.82) is 0 Å². The molecular weight excluding hydrogens is 1020 g/mol. The van der Waals surface area contributed by atoms with E-state index in [-0.39, 0.29) is 55.6 Å². The highest BCUT2D eigenvalue weighted by Gasteiger charge is 2.53. The zero-order valence-electron chi connectivity index (χ0n) is 48.3. The minimum Gasteiger partial charge on any atom is -0.460 e. The van der Waals surface area contributed by atoms with Crippen LogP contribution in [0.4, 0.5) is 4.79 Å². The van der Waals surface area contributed by atoms with Crippen molar-refractivity contribution in [3.05, 3.63) is 47.6 Å². The molecule has 15 atom stereocenters. The van der Waals surface area contributed by atoms with Gasteiger partial charge in [-0.1, -0.05) is 77.5 Å². The minimum atomic E-state index is -2.64. The number of urea groups is 1. The topological polar surface area (TPSA) is 272 Å². The number of hydrogen-bond donors (Lipinski definition) is 5. The first kappa shape index (κ1) is 65.1. The number of methoxy groups -OCH3 is 2. The number of amides is 3. The summed E-state index contributed by atoms with van der Waals surface area (Å²) in [4.78, 5) is 105. The van der Waals surface area contributed by atoms with Gasteiger partial charge in [0.1, 0.15) is 30.1 Å².